The van der Waals surface area contributed by atoms with Crippen molar-refractivity contribution >= 4 is 42.6 Å². The van der Waals surface area contributed by atoms with Crippen molar-refractivity contribution in [3.8, 4) is 11.5 Å². The van der Waals surface area contributed by atoms with Crippen LogP contribution in [0.1, 0.15) is 47.3 Å². The van der Waals surface area contributed by atoms with E-state index in [9.17, 15) is 19.2 Å². The van der Waals surface area contributed by atoms with Gasteiger partial charge in [-0.3, -0.25) is 23.9 Å². The normalized spacial score (nSPS) is 22.7. The van der Waals surface area contributed by atoms with Gasteiger partial charge >= 0.3 is 17.6 Å². The third kappa shape index (κ3) is 5.90. The van der Waals surface area contributed by atoms with Crippen molar-refractivity contribution in [3.63, 3.8) is 0 Å². The van der Waals surface area contributed by atoms with Crippen molar-refractivity contribution in [2.45, 2.75) is 77.1 Å². The SMILES string of the molecule is CC[Si](C#C[C@]1(COC(C)=O)O[C@@H](n2cc(I)c(=O)[nH]c2=O)C[C@@H]1OC(C)=O)(CC)CC. The summed E-state index contributed by atoms with van der Waals surface area (Å²) in [5.74, 6) is 2.12. The molecule has 2 rings (SSSR count). The van der Waals surface area contributed by atoms with Gasteiger partial charge in [-0.25, -0.2) is 4.79 Å². The summed E-state index contributed by atoms with van der Waals surface area (Å²) < 4.78 is 18.6. The molecule has 1 aliphatic heterocycles. The average Bonchev–Trinajstić information content (AvgIpc) is 3.08. The van der Waals surface area contributed by atoms with E-state index in [0.717, 1.165) is 18.1 Å². The maximum atomic E-state index is 12.4. The molecule has 3 atom stereocenters. The molecule has 1 aromatic rings. The van der Waals surface area contributed by atoms with Gasteiger partial charge in [-0.1, -0.05) is 26.7 Å². The summed E-state index contributed by atoms with van der Waals surface area (Å²) in [7, 11) is -1.93. The van der Waals surface area contributed by atoms with E-state index in [1.807, 2.05) is 22.6 Å². The molecule has 176 valence electrons. The summed E-state index contributed by atoms with van der Waals surface area (Å²) in [6.45, 7) is 8.62. The number of nitrogens with one attached hydrogen (secondary N) is 1. The molecule has 1 N–H and O–H groups in total. The van der Waals surface area contributed by atoms with Crippen molar-refractivity contribution in [1.29, 1.82) is 0 Å². The molecule has 0 aromatic carbocycles. The number of H-pyrrole nitrogens is 1. The third-order valence-corrected chi connectivity index (χ3v) is 11.4. The molecule has 1 fully saturated rings. The minimum absolute atomic E-state index is 0.108. The molecule has 11 heteroatoms. The summed E-state index contributed by atoms with van der Waals surface area (Å²) in [5.41, 5.74) is 0.846. The summed E-state index contributed by atoms with van der Waals surface area (Å²) in [5, 5.41) is 0. The predicted octanol–water partition coefficient (Wildman–Crippen LogP) is 2.34. The summed E-state index contributed by atoms with van der Waals surface area (Å²) in [4.78, 5) is 49.9. The van der Waals surface area contributed by atoms with Crippen LogP contribution in [0.25, 0.3) is 0 Å². The van der Waals surface area contributed by atoms with E-state index in [0.29, 0.717) is 3.57 Å². The zero-order valence-electron chi connectivity index (χ0n) is 19.0. The second kappa shape index (κ2) is 10.8. The average molecular weight is 576 g/mol. The standard InChI is InChI=1S/C21H29IN2O7Si/c1-6-32(7-2,8-3)10-9-21(13-29-14(4)25)17(30-15(5)26)11-18(31-21)24-12-16(22)19(27)23-20(24)28/h12,17-18H,6-8,11,13H2,1-5H3,(H,23,27,28)/t17-,18+,21+/m0/s1. The molecule has 0 unspecified atom stereocenters. The second-order valence-electron chi connectivity index (χ2n) is 7.81. The van der Waals surface area contributed by atoms with Crippen molar-refractivity contribution < 1.29 is 23.8 Å². The zero-order valence-corrected chi connectivity index (χ0v) is 22.1. The maximum Gasteiger partial charge on any atom is 0.330 e. The molecule has 32 heavy (non-hydrogen) atoms. The van der Waals surface area contributed by atoms with Crippen LogP contribution in [0.4, 0.5) is 0 Å². The second-order valence-corrected chi connectivity index (χ2v) is 13.9. The zero-order chi connectivity index (χ0) is 24.1. The number of carbonyl (C=O) groups is 2. The first-order chi connectivity index (χ1) is 15.0. The molecule has 0 saturated carbocycles. The van der Waals surface area contributed by atoms with Gasteiger partial charge in [-0.15, -0.1) is 5.54 Å². The largest absolute Gasteiger partial charge is 0.462 e. The number of aromatic nitrogens is 2. The molecule has 2 heterocycles. The van der Waals surface area contributed by atoms with Gasteiger partial charge < -0.3 is 14.2 Å². The summed E-state index contributed by atoms with van der Waals surface area (Å²) in [6.07, 6.45) is -0.250. The number of halogens is 1. The molecular weight excluding hydrogens is 547 g/mol. The van der Waals surface area contributed by atoms with E-state index in [1.54, 1.807) is 0 Å². The van der Waals surface area contributed by atoms with Gasteiger partial charge in [0.2, 0.25) is 5.60 Å². The van der Waals surface area contributed by atoms with Crippen LogP contribution in [0.5, 0.6) is 0 Å². The van der Waals surface area contributed by atoms with Gasteiger partial charge in [-0.2, -0.15) is 0 Å². The minimum atomic E-state index is -1.93. The predicted molar refractivity (Wildman–Crippen MR) is 129 cm³/mol. The Balaban J connectivity index is 2.61. The third-order valence-electron chi connectivity index (χ3n) is 5.88. The Bertz CT molecular complexity index is 1030. The van der Waals surface area contributed by atoms with Crippen molar-refractivity contribution in [2.24, 2.45) is 0 Å². The number of hydrogen-bond donors (Lipinski definition) is 1. The minimum Gasteiger partial charge on any atom is -0.462 e. The first kappa shape index (κ1) is 26.3. The maximum absolute atomic E-state index is 12.4. The highest BCUT2D eigenvalue weighted by Gasteiger charge is 2.52. The molecule has 0 aliphatic carbocycles. The highest BCUT2D eigenvalue weighted by Crippen LogP contribution is 2.39. The van der Waals surface area contributed by atoms with E-state index < -0.39 is 49.2 Å². The molecule has 1 aromatic heterocycles. The van der Waals surface area contributed by atoms with Crippen molar-refractivity contribution in [2.75, 3.05) is 6.61 Å². The quantitative estimate of drug-likeness (QED) is 0.229. The van der Waals surface area contributed by atoms with Crippen LogP contribution >= 0.6 is 22.6 Å². The molecular formula is C21H29IN2O7Si. The van der Waals surface area contributed by atoms with Crippen LogP contribution in [-0.4, -0.2) is 47.9 Å². The lowest BCUT2D eigenvalue weighted by Gasteiger charge is -2.29. The van der Waals surface area contributed by atoms with Gasteiger partial charge in [0.05, 0.1) is 3.57 Å². The molecule has 0 radical (unpaired) electrons. The van der Waals surface area contributed by atoms with Crippen LogP contribution in [0, 0.1) is 15.0 Å². The Hall–Kier alpha value is -1.91. The lowest BCUT2D eigenvalue weighted by Crippen LogP contribution is -2.46. The van der Waals surface area contributed by atoms with Gasteiger partial charge in [0.25, 0.3) is 5.56 Å². The van der Waals surface area contributed by atoms with Crippen LogP contribution in [0.2, 0.25) is 18.1 Å². The lowest BCUT2D eigenvalue weighted by atomic mass is 9.98. The van der Waals surface area contributed by atoms with E-state index >= 15 is 0 Å². The molecule has 1 aliphatic rings. The van der Waals surface area contributed by atoms with E-state index in [-0.39, 0.29) is 13.0 Å². The van der Waals surface area contributed by atoms with Gasteiger partial charge in [0, 0.05) is 26.5 Å². The number of hydrogen-bond acceptors (Lipinski definition) is 7. The molecule has 0 bridgehead atoms. The van der Waals surface area contributed by atoms with Crippen LogP contribution < -0.4 is 11.2 Å². The summed E-state index contributed by atoms with van der Waals surface area (Å²) >= 11 is 1.82. The molecule has 0 amide bonds. The highest BCUT2D eigenvalue weighted by atomic mass is 127. The Morgan fingerprint density at radius 1 is 1.25 bits per heavy atom. The Labute approximate surface area is 201 Å². The first-order valence-corrected chi connectivity index (χ1v) is 14.2. The van der Waals surface area contributed by atoms with Crippen LogP contribution in [0.15, 0.2) is 15.8 Å². The number of esters is 2. The highest BCUT2D eigenvalue weighted by molar-refractivity contribution is 14.1. The topological polar surface area (TPSA) is 117 Å². The molecule has 0 spiro atoms. The molecule has 1 saturated heterocycles. The smallest absolute Gasteiger partial charge is 0.330 e. The number of rotatable bonds is 7. The van der Waals surface area contributed by atoms with Crippen molar-refractivity contribution in [3.05, 3.63) is 30.6 Å². The fourth-order valence-corrected chi connectivity index (χ4v) is 6.61. The van der Waals surface area contributed by atoms with Gasteiger partial charge in [0.1, 0.15) is 27.0 Å². The van der Waals surface area contributed by atoms with Gasteiger partial charge in [-0.05, 0) is 40.7 Å². The fourth-order valence-electron chi connectivity index (χ4n) is 3.66. The van der Waals surface area contributed by atoms with Gasteiger partial charge in [0.15, 0.2) is 0 Å². The fraction of sp³-hybridized carbons (Fsp3) is 0.619. The number of ether oxygens (including phenoxy) is 3. The summed E-state index contributed by atoms with van der Waals surface area (Å²) in [6, 6.07) is 2.82. The van der Waals surface area contributed by atoms with Crippen molar-refractivity contribution in [1.82, 2.24) is 9.55 Å². The Morgan fingerprint density at radius 3 is 2.41 bits per heavy atom. The van der Waals surface area contributed by atoms with Crippen LogP contribution in [-0.2, 0) is 23.8 Å². The monoisotopic (exact) mass is 576 g/mol. The lowest BCUT2D eigenvalue weighted by molar-refractivity contribution is -0.164. The molecule has 9 nitrogen and oxygen atoms in total. The first-order valence-electron chi connectivity index (χ1n) is 10.5. The number of carbonyl (C=O) groups excluding carboxylic acids is 2. The van der Waals surface area contributed by atoms with Crippen LogP contribution in [0.3, 0.4) is 0 Å². The number of nitrogens with zero attached hydrogens (tertiary/aromatic N) is 1. The van der Waals surface area contributed by atoms with E-state index in [4.69, 9.17) is 14.2 Å². The Morgan fingerprint density at radius 2 is 1.88 bits per heavy atom. The number of aromatic amines is 1. The Kier molecular flexibility index (Phi) is 8.89. The van der Waals surface area contributed by atoms with E-state index in [1.165, 1.54) is 24.6 Å². The van der Waals surface area contributed by atoms with E-state index in [2.05, 4.69) is 37.2 Å².